The van der Waals surface area contributed by atoms with Crippen molar-refractivity contribution in [2.45, 2.75) is 17.9 Å². The molecule has 0 radical (unpaired) electrons. The lowest BCUT2D eigenvalue weighted by Gasteiger charge is -2.09. The molecule has 0 saturated carbocycles. The normalized spacial score (nSPS) is 12.2. The lowest BCUT2D eigenvalue weighted by atomic mass is 10.2. The van der Waals surface area contributed by atoms with E-state index in [1.807, 2.05) is 36.6 Å². The predicted octanol–water partition coefficient (Wildman–Crippen LogP) is 3.65. The molecular formula is C14H15NO2S. The van der Waals surface area contributed by atoms with Crippen LogP contribution in [-0.4, -0.2) is 16.3 Å². The lowest BCUT2D eigenvalue weighted by Crippen LogP contribution is -1.94. The van der Waals surface area contributed by atoms with Crippen molar-refractivity contribution in [2.75, 3.05) is 6.26 Å². The van der Waals surface area contributed by atoms with E-state index < -0.39 is 6.10 Å². The first-order chi connectivity index (χ1) is 8.70. The fourth-order valence-corrected chi connectivity index (χ4v) is 2.04. The van der Waals surface area contributed by atoms with Crippen molar-refractivity contribution in [1.29, 1.82) is 0 Å². The van der Waals surface area contributed by atoms with Gasteiger partial charge < -0.3 is 9.84 Å². The van der Waals surface area contributed by atoms with Gasteiger partial charge in [0.25, 0.3) is 0 Å². The molecule has 0 saturated heterocycles. The molecule has 0 aliphatic heterocycles. The Labute approximate surface area is 111 Å². The zero-order valence-corrected chi connectivity index (χ0v) is 11.1. The molecule has 0 aliphatic rings. The molecule has 94 valence electrons. The molecule has 2 rings (SSSR count). The molecule has 0 aliphatic carbocycles. The Morgan fingerprint density at radius 3 is 2.61 bits per heavy atom. The van der Waals surface area contributed by atoms with Gasteiger partial charge in [0, 0.05) is 17.2 Å². The summed E-state index contributed by atoms with van der Waals surface area (Å²) in [5.41, 5.74) is 0.778. The topological polar surface area (TPSA) is 42.4 Å². The van der Waals surface area contributed by atoms with Crippen LogP contribution in [0.1, 0.15) is 18.6 Å². The lowest BCUT2D eigenvalue weighted by molar-refractivity contribution is 0.198. The molecule has 2 aromatic rings. The van der Waals surface area contributed by atoms with Crippen LogP contribution in [0.4, 0.5) is 0 Å². The zero-order chi connectivity index (χ0) is 13.0. The molecule has 1 N–H and O–H groups in total. The summed E-state index contributed by atoms with van der Waals surface area (Å²) in [4.78, 5) is 5.25. The molecule has 0 fully saturated rings. The number of nitrogens with zero attached hydrogens (tertiary/aromatic N) is 1. The van der Waals surface area contributed by atoms with Gasteiger partial charge in [-0.3, -0.25) is 0 Å². The summed E-state index contributed by atoms with van der Waals surface area (Å²) in [6, 6.07) is 11.4. The highest BCUT2D eigenvalue weighted by atomic mass is 32.2. The van der Waals surface area contributed by atoms with Crippen molar-refractivity contribution < 1.29 is 9.84 Å². The Morgan fingerprint density at radius 1 is 1.22 bits per heavy atom. The number of pyridine rings is 1. The molecule has 0 amide bonds. The second-order valence-electron chi connectivity index (χ2n) is 3.86. The first-order valence-corrected chi connectivity index (χ1v) is 6.88. The third-order valence-corrected chi connectivity index (χ3v) is 3.30. The molecule has 1 atom stereocenters. The van der Waals surface area contributed by atoms with Crippen molar-refractivity contribution in [3.8, 4) is 11.6 Å². The molecule has 18 heavy (non-hydrogen) atoms. The highest BCUT2D eigenvalue weighted by Gasteiger charge is 2.05. The van der Waals surface area contributed by atoms with E-state index in [2.05, 4.69) is 4.98 Å². The highest BCUT2D eigenvalue weighted by Crippen LogP contribution is 2.30. The summed E-state index contributed by atoms with van der Waals surface area (Å²) in [5, 5.41) is 9.40. The van der Waals surface area contributed by atoms with E-state index in [-0.39, 0.29) is 0 Å². The summed E-state index contributed by atoms with van der Waals surface area (Å²) in [6.45, 7) is 1.71. The van der Waals surface area contributed by atoms with Crippen molar-refractivity contribution >= 4 is 11.8 Å². The third-order valence-electron chi connectivity index (χ3n) is 2.53. The largest absolute Gasteiger partial charge is 0.438 e. The van der Waals surface area contributed by atoms with Crippen LogP contribution in [0.25, 0.3) is 0 Å². The average Bonchev–Trinajstić information content (AvgIpc) is 2.40. The fraction of sp³-hybridized carbons (Fsp3) is 0.214. The van der Waals surface area contributed by atoms with Crippen LogP contribution in [0.15, 0.2) is 47.5 Å². The Bertz CT molecular complexity index is 511. The first kappa shape index (κ1) is 12.9. The van der Waals surface area contributed by atoms with Crippen LogP contribution in [0.5, 0.6) is 11.6 Å². The van der Waals surface area contributed by atoms with Gasteiger partial charge in [-0.25, -0.2) is 4.98 Å². The van der Waals surface area contributed by atoms with Crippen molar-refractivity contribution in [3.63, 3.8) is 0 Å². The molecule has 1 heterocycles. The van der Waals surface area contributed by atoms with Gasteiger partial charge in [0.1, 0.15) is 5.75 Å². The maximum Gasteiger partial charge on any atom is 0.219 e. The van der Waals surface area contributed by atoms with E-state index in [1.165, 1.54) is 0 Å². The average molecular weight is 261 g/mol. The Kier molecular flexibility index (Phi) is 4.23. The maximum absolute atomic E-state index is 9.40. The molecule has 1 aromatic carbocycles. The summed E-state index contributed by atoms with van der Waals surface area (Å²) in [5.74, 6) is 1.32. The standard InChI is InChI=1S/C14H15NO2S/c1-10(16)11-7-8-14(15-9-11)17-12-5-3-4-6-13(12)18-2/h3-10,16H,1-2H3/t10-/m0/s1. The van der Waals surface area contributed by atoms with Crippen LogP contribution in [0, 0.1) is 0 Å². The second kappa shape index (κ2) is 5.89. The van der Waals surface area contributed by atoms with Crippen LogP contribution in [0.2, 0.25) is 0 Å². The van der Waals surface area contributed by atoms with Gasteiger partial charge in [-0.05, 0) is 36.9 Å². The van der Waals surface area contributed by atoms with Crippen molar-refractivity contribution in [3.05, 3.63) is 48.2 Å². The number of ether oxygens (including phenoxy) is 1. The van der Waals surface area contributed by atoms with Crippen LogP contribution in [0.3, 0.4) is 0 Å². The first-order valence-electron chi connectivity index (χ1n) is 5.65. The van der Waals surface area contributed by atoms with Gasteiger partial charge >= 0.3 is 0 Å². The number of benzene rings is 1. The van der Waals surface area contributed by atoms with E-state index >= 15 is 0 Å². The maximum atomic E-state index is 9.40. The van der Waals surface area contributed by atoms with E-state index in [9.17, 15) is 5.11 Å². The van der Waals surface area contributed by atoms with Gasteiger partial charge in [0.2, 0.25) is 5.88 Å². The number of aliphatic hydroxyl groups is 1. The number of hydrogen-bond donors (Lipinski definition) is 1. The number of aliphatic hydroxyl groups excluding tert-OH is 1. The minimum Gasteiger partial charge on any atom is -0.438 e. The van der Waals surface area contributed by atoms with Gasteiger partial charge in [-0.2, -0.15) is 0 Å². The predicted molar refractivity (Wildman–Crippen MR) is 73.2 cm³/mol. The number of thioether (sulfide) groups is 1. The smallest absolute Gasteiger partial charge is 0.219 e. The molecule has 1 aromatic heterocycles. The molecule has 4 heteroatoms. The third kappa shape index (κ3) is 3.03. The van der Waals surface area contributed by atoms with E-state index in [0.29, 0.717) is 5.88 Å². The summed E-state index contributed by atoms with van der Waals surface area (Å²) in [6.07, 6.45) is 3.12. The Hall–Kier alpha value is -1.52. The van der Waals surface area contributed by atoms with Gasteiger partial charge in [-0.15, -0.1) is 11.8 Å². The minimum absolute atomic E-state index is 0.509. The Morgan fingerprint density at radius 2 is 2.00 bits per heavy atom. The fourth-order valence-electron chi connectivity index (χ4n) is 1.52. The summed E-state index contributed by atoms with van der Waals surface area (Å²) < 4.78 is 5.72. The molecule has 0 bridgehead atoms. The molecular weight excluding hydrogens is 246 g/mol. The molecule has 0 unspecified atom stereocenters. The summed E-state index contributed by atoms with van der Waals surface area (Å²) in [7, 11) is 0. The van der Waals surface area contributed by atoms with E-state index in [1.54, 1.807) is 30.9 Å². The van der Waals surface area contributed by atoms with Crippen LogP contribution in [-0.2, 0) is 0 Å². The van der Waals surface area contributed by atoms with Crippen molar-refractivity contribution in [2.24, 2.45) is 0 Å². The number of aromatic nitrogens is 1. The Balaban J connectivity index is 2.18. The zero-order valence-electron chi connectivity index (χ0n) is 10.3. The van der Waals surface area contributed by atoms with Crippen molar-refractivity contribution in [1.82, 2.24) is 4.98 Å². The van der Waals surface area contributed by atoms with Crippen LogP contribution < -0.4 is 4.74 Å². The monoisotopic (exact) mass is 261 g/mol. The number of para-hydroxylation sites is 1. The molecule has 3 nitrogen and oxygen atoms in total. The molecule has 0 spiro atoms. The van der Waals surface area contributed by atoms with Crippen LogP contribution >= 0.6 is 11.8 Å². The number of hydrogen-bond acceptors (Lipinski definition) is 4. The van der Waals surface area contributed by atoms with Gasteiger partial charge in [0.05, 0.1) is 6.10 Å². The minimum atomic E-state index is -0.509. The van der Waals surface area contributed by atoms with E-state index in [4.69, 9.17) is 4.74 Å². The highest BCUT2D eigenvalue weighted by molar-refractivity contribution is 7.98. The summed E-state index contributed by atoms with van der Waals surface area (Å²) >= 11 is 1.63. The number of rotatable bonds is 4. The van der Waals surface area contributed by atoms with Gasteiger partial charge in [-0.1, -0.05) is 12.1 Å². The quantitative estimate of drug-likeness (QED) is 0.853. The SMILES string of the molecule is CSc1ccccc1Oc1ccc([C@H](C)O)cn1. The van der Waals surface area contributed by atoms with Gasteiger partial charge in [0.15, 0.2) is 0 Å². The second-order valence-corrected chi connectivity index (χ2v) is 4.71. The van der Waals surface area contributed by atoms with E-state index in [0.717, 1.165) is 16.2 Å².